The average Bonchev–Trinajstić information content (AvgIpc) is 2.72. The van der Waals surface area contributed by atoms with Crippen molar-refractivity contribution in [2.24, 2.45) is 5.92 Å². The highest BCUT2D eigenvalue weighted by Crippen LogP contribution is 2.39. The van der Waals surface area contributed by atoms with E-state index in [4.69, 9.17) is 0 Å². The van der Waals surface area contributed by atoms with Crippen molar-refractivity contribution < 1.29 is 0 Å². The minimum atomic E-state index is 0.581. The summed E-state index contributed by atoms with van der Waals surface area (Å²) in [5.74, 6) is 0.961. The smallest absolute Gasteiger partial charge is 0.0281 e. The van der Waals surface area contributed by atoms with Gasteiger partial charge in [0.2, 0.25) is 0 Å². The molecule has 100 valence electrons. The Bertz CT molecular complexity index is 223. The fraction of sp³-hybridized carbons (Fsp3) is 1.00. The number of rotatable bonds is 4. The van der Waals surface area contributed by atoms with Crippen LogP contribution in [0.5, 0.6) is 0 Å². The van der Waals surface area contributed by atoms with Gasteiger partial charge in [0.15, 0.2) is 0 Å². The maximum absolute atomic E-state index is 3.90. The lowest BCUT2D eigenvalue weighted by molar-refractivity contribution is 0.417. The Morgan fingerprint density at radius 1 is 1.06 bits per heavy atom. The van der Waals surface area contributed by atoms with E-state index in [9.17, 15) is 0 Å². The van der Waals surface area contributed by atoms with Crippen LogP contribution in [0.2, 0.25) is 0 Å². The van der Waals surface area contributed by atoms with Crippen molar-refractivity contribution in [1.29, 1.82) is 0 Å². The first-order chi connectivity index (χ1) is 8.24. The second-order valence-corrected chi connectivity index (χ2v) is 7.56. The monoisotopic (exact) mass is 255 g/mol. The Morgan fingerprint density at radius 3 is 2.53 bits per heavy atom. The number of hydrogen-bond donors (Lipinski definition) is 1. The molecule has 2 rings (SSSR count). The van der Waals surface area contributed by atoms with Crippen LogP contribution in [-0.4, -0.2) is 23.6 Å². The largest absolute Gasteiger partial charge is 0.313 e. The van der Waals surface area contributed by atoms with Crippen LogP contribution in [0.15, 0.2) is 0 Å². The first-order valence-electron chi connectivity index (χ1n) is 7.53. The quantitative estimate of drug-likeness (QED) is 0.755. The van der Waals surface area contributed by atoms with Gasteiger partial charge < -0.3 is 5.32 Å². The van der Waals surface area contributed by atoms with E-state index in [1.165, 1.54) is 64.3 Å². The van der Waals surface area contributed by atoms with Gasteiger partial charge in [-0.15, -0.1) is 0 Å². The summed E-state index contributed by atoms with van der Waals surface area (Å²) in [6, 6.07) is 0.810. The maximum atomic E-state index is 3.90. The van der Waals surface area contributed by atoms with Gasteiger partial charge in [-0.1, -0.05) is 32.6 Å². The summed E-state index contributed by atoms with van der Waals surface area (Å²) in [5.41, 5.74) is 0. The molecule has 0 amide bonds. The summed E-state index contributed by atoms with van der Waals surface area (Å²) in [7, 11) is 0. The lowest BCUT2D eigenvalue weighted by Crippen LogP contribution is -2.40. The molecule has 2 atom stereocenters. The van der Waals surface area contributed by atoms with E-state index >= 15 is 0 Å². The minimum absolute atomic E-state index is 0.581. The van der Waals surface area contributed by atoms with Crippen molar-refractivity contribution in [3.05, 3.63) is 0 Å². The van der Waals surface area contributed by atoms with Gasteiger partial charge in [0.05, 0.1) is 0 Å². The van der Waals surface area contributed by atoms with Crippen LogP contribution in [0, 0.1) is 5.92 Å². The Labute approximate surface area is 112 Å². The molecule has 0 aromatic heterocycles. The molecule has 2 fully saturated rings. The number of thioether (sulfide) groups is 1. The van der Waals surface area contributed by atoms with Crippen molar-refractivity contribution in [3.63, 3.8) is 0 Å². The van der Waals surface area contributed by atoms with Crippen LogP contribution < -0.4 is 5.32 Å². The molecule has 2 unspecified atom stereocenters. The number of nitrogens with one attached hydrogen (secondary N) is 1. The molecule has 1 N–H and O–H groups in total. The first-order valence-corrected chi connectivity index (χ1v) is 8.75. The third-order valence-electron chi connectivity index (χ3n) is 4.92. The van der Waals surface area contributed by atoms with Gasteiger partial charge in [-0.25, -0.2) is 0 Å². The van der Waals surface area contributed by atoms with Crippen LogP contribution in [0.25, 0.3) is 0 Å². The fourth-order valence-corrected chi connectivity index (χ4v) is 4.42. The maximum Gasteiger partial charge on any atom is 0.0281 e. The zero-order valence-electron chi connectivity index (χ0n) is 11.6. The highest BCUT2D eigenvalue weighted by Gasteiger charge is 2.33. The van der Waals surface area contributed by atoms with Gasteiger partial charge in [-0.05, 0) is 44.3 Å². The van der Waals surface area contributed by atoms with Crippen molar-refractivity contribution >= 4 is 11.8 Å². The van der Waals surface area contributed by atoms with Gasteiger partial charge in [-0.3, -0.25) is 0 Å². The van der Waals surface area contributed by atoms with Gasteiger partial charge >= 0.3 is 0 Å². The molecule has 2 heteroatoms. The molecule has 2 aliphatic rings. The number of hydrogen-bond acceptors (Lipinski definition) is 2. The van der Waals surface area contributed by atoms with Gasteiger partial charge in [-0.2, -0.15) is 11.8 Å². The molecule has 2 aliphatic carbocycles. The summed E-state index contributed by atoms with van der Waals surface area (Å²) in [6.07, 6.45) is 15.2. The normalized spacial score (nSPS) is 33.5. The van der Waals surface area contributed by atoms with E-state index in [-0.39, 0.29) is 0 Å². The topological polar surface area (TPSA) is 12.0 Å². The van der Waals surface area contributed by atoms with E-state index < -0.39 is 0 Å². The molecule has 0 saturated heterocycles. The molecule has 2 saturated carbocycles. The third kappa shape index (κ3) is 3.89. The molecule has 17 heavy (non-hydrogen) atoms. The van der Waals surface area contributed by atoms with Crippen molar-refractivity contribution in [1.82, 2.24) is 5.32 Å². The molecular weight excluding hydrogens is 226 g/mol. The predicted molar refractivity (Wildman–Crippen MR) is 78.8 cm³/mol. The molecule has 0 heterocycles. The highest BCUT2D eigenvalue weighted by atomic mass is 32.2. The van der Waals surface area contributed by atoms with E-state index in [0.717, 1.165) is 12.0 Å². The zero-order chi connectivity index (χ0) is 12.1. The summed E-state index contributed by atoms with van der Waals surface area (Å²) in [5, 5.41) is 3.90. The summed E-state index contributed by atoms with van der Waals surface area (Å²) < 4.78 is 0.581. The highest BCUT2D eigenvalue weighted by molar-refractivity contribution is 8.00. The standard InChI is InChI=1S/C15H29NS/c1-13-6-5-7-14(9-8-13)16-12-15(17-2)10-3-4-11-15/h13-14,16H,3-12H2,1-2H3. The zero-order valence-corrected chi connectivity index (χ0v) is 12.5. The average molecular weight is 255 g/mol. The van der Waals surface area contributed by atoms with Crippen molar-refractivity contribution in [2.45, 2.75) is 75.5 Å². The molecule has 1 nitrogen and oxygen atoms in total. The van der Waals surface area contributed by atoms with E-state index in [2.05, 4.69) is 30.3 Å². The summed E-state index contributed by atoms with van der Waals surface area (Å²) in [4.78, 5) is 0. The van der Waals surface area contributed by atoms with Gasteiger partial charge in [0, 0.05) is 17.3 Å². The Balaban J connectivity index is 1.76. The minimum Gasteiger partial charge on any atom is -0.313 e. The fourth-order valence-electron chi connectivity index (χ4n) is 3.49. The first kappa shape index (κ1) is 13.7. The van der Waals surface area contributed by atoms with Gasteiger partial charge in [0.25, 0.3) is 0 Å². The molecule has 0 spiro atoms. The lowest BCUT2D eigenvalue weighted by atomic mass is 10.0. The Kier molecular flexibility index (Phi) is 5.23. The lowest BCUT2D eigenvalue weighted by Gasteiger charge is -2.29. The molecule has 0 aromatic rings. The third-order valence-corrected chi connectivity index (χ3v) is 6.34. The van der Waals surface area contributed by atoms with Crippen LogP contribution in [0.4, 0.5) is 0 Å². The SMILES string of the molecule is CSC1(CNC2CCCC(C)CC2)CCCC1. The van der Waals surface area contributed by atoms with E-state index in [1.807, 2.05) is 0 Å². The molecular formula is C15H29NS. The predicted octanol–water partition coefficient (Wildman–Crippen LogP) is 4.22. The molecule has 0 bridgehead atoms. The summed E-state index contributed by atoms with van der Waals surface area (Å²) >= 11 is 2.11. The van der Waals surface area contributed by atoms with E-state index in [0.29, 0.717) is 4.75 Å². The Hall–Kier alpha value is 0.310. The summed E-state index contributed by atoms with van der Waals surface area (Å²) in [6.45, 7) is 3.68. The molecule has 0 radical (unpaired) electrons. The van der Waals surface area contributed by atoms with Crippen LogP contribution in [0.3, 0.4) is 0 Å². The van der Waals surface area contributed by atoms with Crippen LogP contribution >= 0.6 is 11.8 Å². The van der Waals surface area contributed by atoms with Crippen molar-refractivity contribution in [2.75, 3.05) is 12.8 Å². The molecule has 0 aromatic carbocycles. The van der Waals surface area contributed by atoms with Crippen molar-refractivity contribution in [3.8, 4) is 0 Å². The second-order valence-electron chi connectivity index (χ2n) is 6.29. The van der Waals surface area contributed by atoms with Crippen LogP contribution in [-0.2, 0) is 0 Å². The van der Waals surface area contributed by atoms with Crippen LogP contribution in [0.1, 0.15) is 64.7 Å². The second kappa shape index (κ2) is 6.47. The van der Waals surface area contributed by atoms with E-state index in [1.54, 1.807) is 0 Å². The Morgan fingerprint density at radius 2 is 1.82 bits per heavy atom. The van der Waals surface area contributed by atoms with Gasteiger partial charge in [0.1, 0.15) is 0 Å². The molecule has 0 aliphatic heterocycles.